The van der Waals surface area contributed by atoms with E-state index in [9.17, 15) is 55.2 Å². The van der Waals surface area contributed by atoms with Crippen molar-refractivity contribution in [3.05, 3.63) is 57.6 Å². The van der Waals surface area contributed by atoms with E-state index in [1.807, 2.05) is 23.1 Å². The quantitative estimate of drug-likeness (QED) is 0.0607. The Morgan fingerprint density at radius 3 is 2.00 bits per heavy atom. The van der Waals surface area contributed by atoms with Crippen LogP contribution in [0.1, 0.15) is 49.7 Å². The molecule has 0 spiro atoms. The van der Waals surface area contributed by atoms with E-state index in [0.29, 0.717) is 46.4 Å². The number of hydrogen-bond acceptors (Lipinski definition) is 16. The number of fused-ring (bicyclic) bond motifs is 1. The van der Waals surface area contributed by atoms with Crippen LogP contribution < -0.4 is 15.1 Å². The number of anilines is 2. The number of ketones is 1. The molecule has 2 amide bonds. The molecule has 2 fully saturated rings. The van der Waals surface area contributed by atoms with Crippen molar-refractivity contribution in [1.29, 1.82) is 0 Å². The smallest absolute Gasteiger partial charge is 0.245 e. The van der Waals surface area contributed by atoms with E-state index in [-0.39, 0.29) is 31.2 Å². The van der Waals surface area contributed by atoms with Gasteiger partial charge in [0.15, 0.2) is 0 Å². The van der Waals surface area contributed by atoms with Crippen LogP contribution in [0, 0.1) is 5.92 Å². The second kappa shape index (κ2) is 22.8. The number of amides is 2. The number of halogens is 2. The average molecular weight is 918 g/mol. The Morgan fingerprint density at radius 1 is 0.770 bits per heavy atom. The molecule has 1 aliphatic carbocycles. The van der Waals surface area contributed by atoms with Gasteiger partial charge in [-0.2, -0.15) is 0 Å². The summed E-state index contributed by atoms with van der Waals surface area (Å²) in [6.07, 6.45) is -13.0. The number of nitrogens with one attached hydrogen (secondary N) is 1. The lowest BCUT2D eigenvalue weighted by atomic mass is 9.90. The minimum Gasteiger partial charge on any atom is -0.394 e. The predicted molar refractivity (Wildman–Crippen MR) is 228 cm³/mol. The van der Waals surface area contributed by atoms with Crippen LogP contribution >= 0.6 is 35.0 Å². The van der Waals surface area contributed by atoms with Gasteiger partial charge in [0.2, 0.25) is 11.8 Å². The predicted octanol–water partition coefficient (Wildman–Crippen LogP) is -0.840. The molecule has 3 aliphatic rings. The number of para-hydroxylation sites is 2. The summed E-state index contributed by atoms with van der Waals surface area (Å²) in [7, 11) is 0. The Kier molecular flexibility index (Phi) is 18.5. The highest BCUT2D eigenvalue weighted by molar-refractivity contribution is 7.99. The zero-order chi connectivity index (χ0) is 44.5. The van der Waals surface area contributed by atoms with Crippen molar-refractivity contribution in [3.8, 4) is 0 Å². The molecule has 5 rings (SSSR count). The van der Waals surface area contributed by atoms with Gasteiger partial charge in [-0.1, -0.05) is 35.3 Å². The summed E-state index contributed by atoms with van der Waals surface area (Å²) in [4.78, 5) is 47.3. The third-order valence-electron chi connectivity index (χ3n) is 11.6. The molecule has 1 unspecified atom stereocenters. The number of nitrogens with zero attached hydrogens (tertiary/aromatic N) is 3. The van der Waals surface area contributed by atoms with E-state index in [2.05, 4.69) is 21.2 Å². The highest BCUT2D eigenvalue weighted by Gasteiger charge is 2.40. The molecule has 2 aromatic rings. The van der Waals surface area contributed by atoms with E-state index < -0.39 is 99.0 Å². The fraction of sp³-hybridized carbons (Fsp3) is 0.634. The largest absolute Gasteiger partial charge is 0.394 e. The Bertz CT molecular complexity index is 1750. The van der Waals surface area contributed by atoms with Crippen molar-refractivity contribution >= 4 is 63.9 Å². The van der Waals surface area contributed by atoms with Gasteiger partial charge in [-0.05, 0) is 73.9 Å². The van der Waals surface area contributed by atoms with E-state index in [1.54, 1.807) is 23.9 Å². The van der Waals surface area contributed by atoms with Gasteiger partial charge in [0.1, 0.15) is 42.4 Å². The third-order valence-corrected chi connectivity index (χ3v) is 13.4. The number of aliphatic hydroxyl groups is 10. The molecule has 17 nitrogen and oxygen atoms in total. The standard InChI is InChI=1S/C41H58Cl2N4O13S/c42-26-15-23(17-45-21-61-20-30(45)41(60)47-13-12-46(24-8-9-24)28-6-1-2-7-29(28)47)27(43)14-22(26)4-3-5-25(31(50)10-11-32(51)36(55)38(57)34(53)18-48)40(59)44-16-33(52)37(56)39(58)35(54)19-49/h1-2,6-7,14-15,24-25,30,32-39,48-49,51-58H,3-5,8-13,16-21H2,(H,44,59)/t25?,30-,32+,33+,34-,35-,36-,37-,38-,39-/m0/s1. The Morgan fingerprint density at radius 2 is 1.36 bits per heavy atom. The molecule has 0 bridgehead atoms. The average Bonchev–Trinajstić information content (AvgIpc) is 4.01. The zero-order valence-corrected chi connectivity index (χ0v) is 36.0. The maximum Gasteiger partial charge on any atom is 0.245 e. The van der Waals surface area contributed by atoms with Gasteiger partial charge in [0.25, 0.3) is 0 Å². The first-order chi connectivity index (χ1) is 29.1. The van der Waals surface area contributed by atoms with Gasteiger partial charge in [0.05, 0.1) is 48.8 Å². The Hall–Kier alpha value is -2.66. The van der Waals surface area contributed by atoms with E-state index >= 15 is 0 Å². The summed E-state index contributed by atoms with van der Waals surface area (Å²) in [5, 5.41) is 101. The third kappa shape index (κ3) is 12.5. The van der Waals surface area contributed by atoms with E-state index in [1.165, 1.54) is 0 Å². The molecule has 2 heterocycles. The van der Waals surface area contributed by atoms with Crippen LogP contribution in [0.15, 0.2) is 36.4 Å². The maximum atomic E-state index is 14.1. The fourth-order valence-corrected chi connectivity index (χ4v) is 9.44. The van der Waals surface area contributed by atoms with Crippen molar-refractivity contribution in [1.82, 2.24) is 10.2 Å². The SMILES string of the molecule is O=C(CC[C@@H](O)[C@H](O)[C@@H](O)[C@@H](O)CO)C(CCCc1cc(Cl)c(CN2CSC[C@H]2C(=O)N2CCN(C3CC3)c3ccccc32)cc1Cl)C(=O)NC[C@@H](O)[C@H](O)[C@@H](O)[C@@H](O)CO. The molecule has 2 aromatic carbocycles. The molecule has 2 aliphatic heterocycles. The highest BCUT2D eigenvalue weighted by atomic mass is 35.5. The van der Waals surface area contributed by atoms with Crippen LogP contribution in [0.5, 0.6) is 0 Å². The van der Waals surface area contributed by atoms with E-state index in [0.717, 1.165) is 36.3 Å². The van der Waals surface area contributed by atoms with Crippen LogP contribution in [0.25, 0.3) is 0 Å². The Balaban J connectivity index is 1.22. The number of thioether (sulfide) groups is 1. The molecule has 1 saturated heterocycles. The van der Waals surface area contributed by atoms with Crippen molar-refractivity contribution in [2.45, 2.75) is 112 Å². The van der Waals surface area contributed by atoms with Crippen LogP contribution in [0.2, 0.25) is 10.0 Å². The van der Waals surface area contributed by atoms with Gasteiger partial charge in [-0.15, -0.1) is 11.8 Å². The normalized spacial score (nSPS) is 21.5. The van der Waals surface area contributed by atoms with Crippen molar-refractivity contribution in [2.24, 2.45) is 5.92 Å². The molecule has 61 heavy (non-hydrogen) atoms. The molecule has 20 heteroatoms. The number of hydrogen-bond donors (Lipinski definition) is 11. The van der Waals surface area contributed by atoms with Gasteiger partial charge < -0.3 is 66.2 Å². The van der Waals surface area contributed by atoms with Crippen LogP contribution in [0.4, 0.5) is 11.4 Å². The van der Waals surface area contributed by atoms with Crippen LogP contribution in [0.3, 0.4) is 0 Å². The van der Waals surface area contributed by atoms with Crippen LogP contribution in [-0.2, 0) is 27.3 Å². The fourth-order valence-electron chi connectivity index (χ4n) is 7.72. The second-order valence-corrected chi connectivity index (χ2v) is 17.8. The van der Waals surface area contributed by atoms with Gasteiger partial charge in [0, 0.05) is 60.3 Å². The summed E-state index contributed by atoms with van der Waals surface area (Å²) in [5.41, 5.74) is 3.35. The first kappa shape index (κ1) is 49.4. The van der Waals surface area contributed by atoms with Crippen molar-refractivity contribution in [3.63, 3.8) is 0 Å². The number of Topliss-reactive ketones (excluding diaryl/α,β-unsaturated/α-hetero) is 1. The highest BCUT2D eigenvalue weighted by Crippen LogP contribution is 2.41. The Labute approximate surface area is 368 Å². The molecular formula is C41H58Cl2N4O13S. The van der Waals surface area contributed by atoms with Crippen LogP contribution in [-0.4, -0.2) is 179 Å². The molecule has 11 N–H and O–H groups in total. The number of carbonyl (C=O) groups is 3. The first-order valence-electron chi connectivity index (χ1n) is 20.5. The number of carbonyl (C=O) groups excluding carboxylic acids is 3. The van der Waals surface area contributed by atoms with Gasteiger partial charge in [-0.3, -0.25) is 19.3 Å². The monoisotopic (exact) mass is 916 g/mol. The molecule has 0 aromatic heterocycles. The molecule has 10 atom stereocenters. The topological polar surface area (TPSA) is 275 Å². The zero-order valence-electron chi connectivity index (χ0n) is 33.6. The lowest BCUT2D eigenvalue weighted by Gasteiger charge is -2.39. The van der Waals surface area contributed by atoms with Gasteiger partial charge >= 0.3 is 0 Å². The first-order valence-corrected chi connectivity index (χ1v) is 22.4. The van der Waals surface area contributed by atoms with Gasteiger partial charge in [-0.25, -0.2) is 0 Å². The summed E-state index contributed by atoms with van der Waals surface area (Å²) in [6, 6.07) is 11.6. The number of benzene rings is 2. The van der Waals surface area contributed by atoms with E-state index in [4.69, 9.17) is 33.4 Å². The van der Waals surface area contributed by atoms with Crippen molar-refractivity contribution < 1.29 is 65.4 Å². The second-order valence-electron chi connectivity index (χ2n) is 16.0. The minimum absolute atomic E-state index is 0.0347. The van der Waals surface area contributed by atoms with Crippen molar-refractivity contribution in [2.75, 3.05) is 54.3 Å². The minimum atomic E-state index is -1.97. The molecular weight excluding hydrogens is 859 g/mol. The summed E-state index contributed by atoms with van der Waals surface area (Å²) < 4.78 is 0. The summed E-state index contributed by atoms with van der Waals surface area (Å²) in [6.45, 7) is -0.698. The summed E-state index contributed by atoms with van der Waals surface area (Å²) in [5.74, 6) is -1.66. The lowest BCUT2D eigenvalue weighted by Crippen LogP contribution is -2.52. The maximum absolute atomic E-state index is 14.1. The number of rotatable bonds is 23. The number of aryl methyl sites for hydroxylation is 1. The molecule has 0 radical (unpaired) electrons. The molecule has 340 valence electrons. The lowest BCUT2D eigenvalue weighted by molar-refractivity contribution is -0.137. The molecule has 1 saturated carbocycles. The number of aliphatic hydroxyl groups excluding tert-OH is 10. The summed E-state index contributed by atoms with van der Waals surface area (Å²) >= 11 is 15.3.